The summed E-state index contributed by atoms with van der Waals surface area (Å²) in [7, 11) is 0. The number of carbonyl (C=O) groups is 1. The monoisotopic (exact) mass is 351 g/mol. The minimum absolute atomic E-state index is 0.0304. The highest BCUT2D eigenvalue weighted by Crippen LogP contribution is 2.14. The van der Waals surface area contributed by atoms with Gasteiger partial charge < -0.3 is 15.3 Å². The second-order valence-corrected chi connectivity index (χ2v) is 5.85. The molecule has 1 aromatic carbocycles. The Morgan fingerprint density at radius 2 is 1.96 bits per heavy atom. The third-order valence-corrected chi connectivity index (χ3v) is 3.68. The van der Waals surface area contributed by atoms with Gasteiger partial charge in [0.2, 0.25) is 0 Å². The van der Waals surface area contributed by atoms with Crippen molar-refractivity contribution in [3.05, 3.63) is 79.9 Å². The summed E-state index contributed by atoms with van der Waals surface area (Å²) in [5.41, 5.74) is 1.25. The van der Waals surface area contributed by atoms with E-state index in [1.165, 1.54) is 12.3 Å². The number of amides is 1. The molecule has 0 bridgehead atoms. The van der Waals surface area contributed by atoms with Gasteiger partial charge in [-0.25, -0.2) is 9.97 Å². The number of aromatic nitrogens is 4. The first-order valence-electron chi connectivity index (χ1n) is 7.94. The molecule has 0 fully saturated rings. The number of H-pyrrole nitrogens is 2. The summed E-state index contributed by atoms with van der Waals surface area (Å²) in [5, 5.41) is 2.56. The standard InChI is InChI=1S/C18H17N5O3/c1-10-4-3-5-12(6-10)16-19-9-14(18(26)23-16)17(25)20-8-13-7-15(24)22-11(2)21-13/h3-7,9H,8H2,1-2H3,(H,20,25)(H,19,23,26)(H,21,22,24). The Morgan fingerprint density at radius 1 is 1.15 bits per heavy atom. The van der Waals surface area contributed by atoms with E-state index >= 15 is 0 Å². The summed E-state index contributed by atoms with van der Waals surface area (Å²) in [6, 6.07) is 8.80. The molecule has 0 radical (unpaired) electrons. The lowest BCUT2D eigenvalue weighted by molar-refractivity contribution is 0.0948. The summed E-state index contributed by atoms with van der Waals surface area (Å²) >= 11 is 0. The lowest BCUT2D eigenvalue weighted by atomic mass is 10.1. The molecule has 132 valence electrons. The first-order chi connectivity index (χ1) is 12.4. The zero-order valence-electron chi connectivity index (χ0n) is 14.3. The number of benzene rings is 1. The fourth-order valence-corrected chi connectivity index (χ4v) is 2.49. The maximum atomic E-state index is 12.2. The van der Waals surface area contributed by atoms with Gasteiger partial charge in [-0.15, -0.1) is 0 Å². The van der Waals surface area contributed by atoms with E-state index in [-0.39, 0.29) is 17.7 Å². The second-order valence-electron chi connectivity index (χ2n) is 5.85. The van der Waals surface area contributed by atoms with Gasteiger partial charge in [-0.3, -0.25) is 14.4 Å². The molecule has 1 amide bonds. The second kappa shape index (κ2) is 7.14. The van der Waals surface area contributed by atoms with Crippen LogP contribution < -0.4 is 16.4 Å². The minimum atomic E-state index is -0.589. The summed E-state index contributed by atoms with van der Waals surface area (Å²) in [6.45, 7) is 3.61. The average Bonchev–Trinajstić information content (AvgIpc) is 2.59. The molecular weight excluding hydrogens is 334 g/mol. The van der Waals surface area contributed by atoms with Crippen LogP contribution in [-0.2, 0) is 6.54 Å². The van der Waals surface area contributed by atoms with E-state index < -0.39 is 11.5 Å². The van der Waals surface area contributed by atoms with Crippen molar-refractivity contribution < 1.29 is 4.79 Å². The van der Waals surface area contributed by atoms with Gasteiger partial charge in [-0.05, 0) is 19.9 Å². The highest BCUT2D eigenvalue weighted by molar-refractivity contribution is 5.93. The van der Waals surface area contributed by atoms with Crippen LogP contribution in [0.25, 0.3) is 11.4 Å². The first kappa shape index (κ1) is 17.3. The minimum Gasteiger partial charge on any atom is -0.346 e. The molecule has 8 nitrogen and oxygen atoms in total. The van der Waals surface area contributed by atoms with Gasteiger partial charge in [0.15, 0.2) is 0 Å². The van der Waals surface area contributed by atoms with Crippen LogP contribution in [-0.4, -0.2) is 25.8 Å². The molecular formula is C18H17N5O3. The summed E-state index contributed by atoms with van der Waals surface area (Å²) in [6.07, 6.45) is 1.24. The van der Waals surface area contributed by atoms with Crippen molar-refractivity contribution in [1.82, 2.24) is 25.3 Å². The number of aryl methyl sites for hydroxylation is 2. The van der Waals surface area contributed by atoms with Crippen molar-refractivity contribution >= 4 is 5.91 Å². The van der Waals surface area contributed by atoms with E-state index in [4.69, 9.17) is 0 Å². The number of rotatable bonds is 4. The maximum Gasteiger partial charge on any atom is 0.264 e. The lowest BCUT2D eigenvalue weighted by Gasteiger charge is -2.06. The molecule has 0 aliphatic rings. The van der Waals surface area contributed by atoms with Crippen LogP contribution in [0.1, 0.15) is 27.4 Å². The summed E-state index contributed by atoms with van der Waals surface area (Å²) < 4.78 is 0. The highest BCUT2D eigenvalue weighted by atomic mass is 16.2. The Kier molecular flexibility index (Phi) is 4.74. The normalized spacial score (nSPS) is 10.5. The van der Waals surface area contributed by atoms with Gasteiger partial charge in [0.05, 0.1) is 12.2 Å². The SMILES string of the molecule is Cc1cccc(-c2ncc(C(=O)NCc3cc(=O)[nH]c(C)n3)c(=O)[nH]2)c1. The van der Waals surface area contributed by atoms with E-state index in [2.05, 4.69) is 25.3 Å². The van der Waals surface area contributed by atoms with E-state index in [1.807, 2.05) is 31.2 Å². The third-order valence-electron chi connectivity index (χ3n) is 3.68. The van der Waals surface area contributed by atoms with E-state index in [9.17, 15) is 14.4 Å². The van der Waals surface area contributed by atoms with Gasteiger partial charge in [0.25, 0.3) is 17.0 Å². The molecule has 0 aliphatic carbocycles. The average molecular weight is 351 g/mol. The van der Waals surface area contributed by atoms with Gasteiger partial charge >= 0.3 is 0 Å². The van der Waals surface area contributed by atoms with Crippen molar-refractivity contribution in [3.8, 4) is 11.4 Å². The highest BCUT2D eigenvalue weighted by Gasteiger charge is 2.13. The smallest absolute Gasteiger partial charge is 0.264 e. The number of nitrogens with one attached hydrogen (secondary N) is 3. The van der Waals surface area contributed by atoms with E-state index in [0.717, 1.165) is 11.1 Å². The van der Waals surface area contributed by atoms with Crippen LogP contribution in [0.5, 0.6) is 0 Å². The molecule has 0 saturated carbocycles. The molecule has 2 aromatic heterocycles. The fourth-order valence-electron chi connectivity index (χ4n) is 2.49. The van der Waals surface area contributed by atoms with Crippen LogP contribution >= 0.6 is 0 Å². The van der Waals surface area contributed by atoms with Crippen LogP contribution in [0.4, 0.5) is 0 Å². The summed E-state index contributed by atoms with van der Waals surface area (Å²) in [4.78, 5) is 49.3. The zero-order valence-corrected chi connectivity index (χ0v) is 14.3. The molecule has 26 heavy (non-hydrogen) atoms. The number of hydrogen-bond donors (Lipinski definition) is 3. The number of nitrogens with zero attached hydrogens (tertiary/aromatic N) is 2. The summed E-state index contributed by atoms with van der Waals surface area (Å²) in [5.74, 6) is 0.250. The van der Waals surface area contributed by atoms with E-state index in [1.54, 1.807) is 6.92 Å². The fraction of sp³-hybridized carbons (Fsp3) is 0.167. The van der Waals surface area contributed by atoms with Crippen LogP contribution in [0.2, 0.25) is 0 Å². The quantitative estimate of drug-likeness (QED) is 0.649. The molecule has 0 aliphatic heterocycles. The molecule has 0 spiro atoms. The van der Waals surface area contributed by atoms with Crippen molar-refractivity contribution in [3.63, 3.8) is 0 Å². The lowest BCUT2D eigenvalue weighted by Crippen LogP contribution is -2.30. The Labute approximate surface area is 148 Å². The Balaban J connectivity index is 1.77. The Hall–Kier alpha value is -3.55. The zero-order chi connectivity index (χ0) is 18.7. The predicted molar refractivity (Wildman–Crippen MR) is 95.8 cm³/mol. The molecule has 0 unspecified atom stereocenters. The van der Waals surface area contributed by atoms with Crippen molar-refractivity contribution in [2.45, 2.75) is 20.4 Å². The van der Waals surface area contributed by atoms with Crippen LogP contribution in [0.15, 0.2) is 46.1 Å². The van der Waals surface area contributed by atoms with Crippen LogP contribution in [0.3, 0.4) is 0 Å². The molecule has 3 rings (SSSR count). The molecule has 2 heterocycles. The number of hydrogen-bond acceptors (Lipinski definition) is 5. The third kappa shape index (κ3) is 3.92. The van der Waals surface area contributed by atoms with Gasteiger partial charge in [-0.1, -0.05) is 23.8 Å². The van der Waals surface area contributed by atoms with Crippen molar-refractivity contribution in [1.29, 1.82) is 0 Å². The number of carbonyl (C=O) groups excluding carboxylic acids is 1. The van der Waals surface area contributed by atoms with Gasteiger partial charge in [-0.2, -0.15) is 0 Å². The molecule has 3 N–H and O–H groups in total. The molecule has 3 aromatic rings. The molecule has 0 atom stereocenters. The largest absolute Gasteiger partial charge is 0.346 e. The Morgan fingerprint density at radius 3 is 2.65 bits per heavy atom. The first-order valence-corrected chi connectivity index (χ1v) is 7.94. The predicted octanol–water partition coefficient (Wildman–Crippen LogP) is 1.07. The maximum absolute atomic E-state index is 12.2. The Bertz CT molecular complexity index is 1080. The van der Waals surface area contributed by atoms with Crippen LogP contribution in [0, 0.1) is 13.8 Å². The van der Waals surface area contributed by atoms with Gasteiger partial charge in [0, 0.05) is 17.8 Å². The van der Waals surface area contributed by atoms with E-state index in [0.29, 0.717) is 17.3 Å². The molecule has 8 heteroatoms. The number of aromatic amines is 2. The van der Waals surface area contributed by atoms with Crippen molar-refractivity contribution in [2.24, 2.45) is 0 Å². The van der Waals surface area contributed by atoms with Gasteiger partial charge in [0.1, 0.15) is 17.2 Å². The topological polar surface area (TPSA) is 121 Å². The van der Waals surface area contributed by atoms with Crippen molar-refractivity contribution in [2.75, 3.05) is 0 Å². The molecule has 0 saturated heterocycles.